The molecule has 0 bridgehead atoms. The second kappa shape index (κ2) is 5.85. The molecule has 0 aliphatic carbocycles. The largest absolute Gasteiger partial charge is 0.497 e. The first-order valence-electron chi connectivity index (χ1n) is 6.17. The molecule has 2 rings (SSSR count). The molecule has 18 heavy (non-hydrogen) atoms. The van der Waals surface area contributed by atoms with Crippen molar-refractivity contribution in [3.8, 4) is 5.75 Å². The maximum absolute atomic E-state index is 11.5. The molecule has 1 unspecified atom stereocenters. The van der Waals surface area contributed by atoms with Crippen LogP contribution in [0, 0.1) is 5.92 Å². The highest BCUT2D eigenvalue weighted by Gasteiger charge is 2.23. The Morgan fingerprint density at radius 3 is 2.94 bits per heavy atom. The van der Waals surface area contributed by atoms with Gasteiger partial charge in [-0.15, -0.1) is 0 Å². The van der Waals surface area contributed by atoms with Crippen molar-refractivity contribution in [1.29, 1.82) is 0 Å². The lowest BCUT2D eigenvalue weighted by molar-refractivity contribution is -0.125. The number of ketones is 1. The quantitative estimate of drug-likeness (QED) is 0.859. The predicted octanol–water partition coefficient (Wildman–Crippen LogP) is 2.87. The Kier molecular flexibility index (Phi) is 4.40. The number of methoxy groups -OCH3 is 1. The predicted molar refractivity (Wildman–Crippen MR) is 74.8 cm³/mol. The summed E-state index contributed by atoms with van der Waals surface area (Å²) in [5.74, 6) is 1.41. The summed E-state index contributed by atoms with van der Waals surface area (Å²) < 4.78 is 6.33. The molecule has 0 amide bonds. The van der Waals surface area contributed by atoms with Crippen molar-refractivity contribution in [3.05, 3.63) is 28.2 Å². The van der Waals surface area contributed by atoms with E-state index in [1.54, 1.807) is 7.11 Å². The molecule has 0 saturated carbocycles. The van der Waals surface area contributed by atoms with Crippen molar-refractivity contribution < 1.29 is 9.53 Å². The van der Waals surface area contributed by atoms with Gasteiger partial charge in [-0.1, -0.05) is 22.9 Å². The third-order valence-electron chi connectivity index (χ3n) is 3.40. The summed E-state index contributed by atoms with van der Waals surface area (Å²) in [4.78, 5) is 13.8. The Balaban J connectivity index is 2.07. The van der Waals surface area contributed by atoms with E-state index in [1.165, 1.54) is 5.56 Å². The van der Waals surface area contributed by atoms with Gasteiger partial charge in [0.15, 0.2) is 0 Å². The monoisotopic (exact) mass is 311 g/mol. The van der Waals surface area contributed by atoms with Crippen LogP contribution in [0.25, 0.3) is 0 Å². The first-order valence-corrected chi connectivity index (χ1v) is 6.97. The summed E-state index contributed by atoms with van der Waals surface area (Å²) in [5, 5.41) is 0. The standard InChI is InChI=1S/C14H18BrNO2/c1-10-8-16(6-5-14(10)17)9-11-7-12(18-2)3-4-13(11)15/h3-4,7,10H,5-6,8-9H2,1-2H3. The Hall–Kier alpha value is -0.870. The van der Waals surface area contributed by atoms with Gasteiger partial charge in [0.1, 0.15) is 11.5 Å². The summed E-state index contributed by atoms with van der Waals surface area (Å²) in [6, 6.07) is 5.99. The fourth-order valence-corrected chi connectivity index (χ4v) is 2.65. The zero-order valence-electron chi connectivity index (χ0n) is 10.8. The van der Waals surface area contributed by atoms with Crippen LogP contribution in [0.4, 0.5) is 0 Å². The maximum atomic E-state index is 11.5. The lowest BCUT2D eigenvalue weighted by atomic mass is 9.98. The van der Waals surface area contributed by atoms with Crippen LogP contribution in [0.3, 0.4) is 0 Å². The molecule has 4 heteroatoms. The van der Waals surface area contributed by atoms with Crippen LogP contribution < -0.4 is 4.74 Å². The fourth-order valence-electron chi connectivity index (χ4n) is 2.28. The molecule has 1 aromatic carbocycles. The molecule has 1 aromatic rings. The van der Waals surface area contributed by atoms with Gasteiger partial charge in [-0.2, -0.15) is 0 Å². The third-order valence-corrected chi connectivity index (χ3v) is 4.18. The van der Waals surface area contributed by atoms with Crippen molar-refractivity contribution >= 4 is 21.7 Å². The number of benzene rings is 1. The average molecular weight is 312 g/mol. The van der Waals surface area contributed by atoms with Crippen LogP contribution in [-0.4, -0.2) is 30.9 Å². The van der Waals surface area contributed by atoms with E-state index in [0.717, 1.165) is 29.9 Å². The highest BCUT2D eigenvalue weighted by molar-refractivity contribution is 9.10. The number of carbonyl (C=O) groups excluding carboxylic acids is 1. The van der Waals surface area contributed by atoms with Gasteiger partial charge in [-0.25, -0.2) is 0 Å². The van der Waals surface area contributed by atoms with E-state index in [9.17, 15) is 4.79 Å². The van der Waals surface area contributed by atoms with Crippen molar-refractivity contribution in [1.82, 2.24) is 4.90 Å². The number of Topliss-reactive ketones (excluding diaryl/α,β-unsaturated/α-hetero) is 1. The van der Waals surface area contributed by atoms with Gasteiger partial charge in [0.25, 0.3) is 0 Å². The zero-order valence-corrected chi connectivity index (χ0v) is 12.4. The Bertz CT molecular complexity index is 447. The number of halogens is 1. The number of nitrogens with zero attached hydrogens (tertiary/aromatic N) is 1. The van der Waals surface area contributed by atoms with E-state index in [2.05, 4.69) is 20.8 Å². The summed E-state index contributed by atoms with van der Waals surface area (Å²) in [6.45, 7) is 4.57. The van der Waals surface area contributed by atoms with Crippen molar-refractivity contribution in [2.45, 2.75) is 19.9 Å². The summed E-state index contributed by atoms with van der Waals surface area (Å²) in [5.41, 5.74) is 1.20. The molecule has 98 valence electrons. The number of piperidine rings is 1. The normalized spacial score (nSPS) is 21.1. The number of rotatable bonds is 3. The van der Waals surface area contributed by atoms with Gasteiger partial charge in [-0.05, 0) is 23.8 Å². The van der Waals surface area contributed by atoms with Gasteiger partial charge in [0.05, 0.1) is 7.11 Å². The molecular weight excluding hydrogens is 294 g/mol. The maximum Gasteiger partial charge on any atom is 0.138 e. The van der Waals surface area contributed by atoms with Crippen molar-refractivity contribution in [3.63, 3.8) is 0 Å². The number of carbonyl (C=O) groups is 1. The molecule has 0 radical (unpaired) electrons. The lowest BCUT2D eigenvalue weighted by Crippen LogP contribution is -2.39. The molecule has 1 fully saturated rings. The molecule has 1 saturated heterocycles. The van der Waals surface area contributed by atoms with E-state index < -0.39 is 0 Å². The SMILES string of the molecule is COc1ccc(Br)c(CN2CCC(=O)C(C)C2)c1. The number of hydrogen-bond acceptors (Lipinski definition) is 3. The first kappa shape index (κ1) is 13.6. The molecule has 1 aliphatic heterocycles. The fraction of sp³-hybridized carbons (Fsp3) is 0.500. The second-order valence-corrected chi connectivity index (χ2v) is 5.66. The van der Waals surface area contributed by atoms with E-state index in [1.807, 2.05) is 25.1 Å². The minimum Gasteiger partial charge on any atom is -0.497 e. The molecule has 0 spiro atoms. The Labute approximate surface area is 116 Å². The zero-order chi connectivity index (χ0) is 13.1. The second-order valence-electron chi connectivity index (χ2n) is 4.81. The topological polar surface area (TPSA) is 29.5 Å². The average Bonchev–Trinajstić information content (AvgIpc) is 2.36. The number of likely N-dealkylation sites (tertiary alicyclic amines) is 1. The molecule has 3 nitrogen and oxygen atoms in total. The van der Waals surface area contributed by atoms with Gasteiger partial charge in [0.2, 0.25) is 0 Å². The van der Waals surface area contributed by atoms with Crippen LogP contribution in [-0.2, 0) is 11.3 Å². The van der Waals surface area contributed by atoms with Gasteiger partial charge < -0.3 is 4.74 Å². The number of ether oxygens (including phenoxy) is 1. The lowest BCUT2D eigenvalue weighted by Gasteiger charge is -2.30. The summed E-state index contributed by atoms with van der Waals surface area (Å²) >= 11 is 3.56. The first-order chi connectivity index (χ1) is 8.60. The Morgan fingerprint density at radius 1 is 1.50 bits per heavy atom. The van der Waals surface area contributed by atoms with Crippen molar-refractivity contribution in [2.24, 2.45) is 5.92 Å². The third kappa shape index (κ3) is 3.12. The molecule has 1 atom stereocenters. The highest BCUT2D eigenvalue weighted by atomic mass is 79.9. The van der Waals surface area contributed by atoms with Crippen LogP contribution >= 0.6 is 15.9 Å². The van der Waals surface area contributed by atoms with E-state index in [-0.39, 0.29) is 5.92 Å². The highest BCUT2D eigenvalue weighted by Crippen LogP contribution is 2.25. The molecular formula is C14H18BrNO2. The van der Waals surface area contributed by atoms with E-state index >= 15 is 0 Å². The summed E-state index contributed by atoms with van der Waals surface area (Å²) in [7, 11) is 1.68. The molecule has 1 aliphatic rings. The van der Waals surface area contributed by atoms with Gasteiger partial charge >= 0.3 is 0 Å². The van der Waals surface area contributed by atoms with Gasteiger partial charge in [-0.3, -0.25) is 9.69 Å². The Morgan fingerprint density at radius 2 is 2.28 bits per heavy atom. The minimum atomic E-state index is 0.156. The minimum absolute atomic E-state index is 0.156. The van der Waals surface area contributed by atoms with Crippen molar-refractivity contribution in [2.75, 3.05) is 20.2 Å². The molecule has 0 aromatic heterocycles. The molecule has 1 heterocycles. The van der Waals surface area contributed by atoms with Crippen LogP contribution in [0.5, 0.6) is 5.75 Å². The summed E-state index contributed by atoms with van der Waals surface area (Å²) in [6.07, 6.45) is 0.669. The van der Waals surface area contributed by atoms with E-state index in [4.69, 9.17) is 4.74 Å². The van der Waals surface area contributed by atoms with Crippen LogP contribution in [0.2, 0.25) is 0 Å². The molecule has 0 N–H and O–H groups in total. The van der Waals surface area contributed by atoms with Crippen LogP contribution in [0.1, 0.15) is 18.9 Å². The van der Waals surface area contributed by atoms with E-state index in [0.29, 0.717) is 12.2 Å². The van der Waals surface area contributed by atoms with Gasteiger partial charge in [0, 0.05) is 36.4 Å². The number of hydrogen-bond donors (Lipinski definition) is 0. The van der Waals surface area contributed by atoms with Crippen LogP contribution in [0.15, 0.2) is 22.7 Å². The smallest absolute Gasteiger partial charge is 0.138 e.